The third-order valence-electron chi connectivity index (χ3n) is 2.20. The summed E-state index contributed by atoms with van der Waals surface area (Å²) in [7, 11) is 0. The predicted molar refractivity (Wildman–Crippen MR) is 63.0 cm³/mol. The first-order valence-electron chi connectivity index (χ1n) is 5.01. The molecule has 0 radical (unpaired) electrons. The van der Waals surface area contributed by atoms with Crippen molar-refractivity contribution in [3.63, 3.8) is 0 Å². The van der Waals surface area contributed by atoms with Crippen LogP contribution in [-0.2, 0) is 6.54 Å². The van der Waals surface area contributed by atoms with E-state index >= 15 is 0 Å². The van der Waals surface area contributed by atoms with Gasteiger partial charge in [0.05, 0.1) is 12.4 Å². The van der Waals surface area contributed by atoms with E-state index in [4.69, 9.17) is 5.41 Å². The Morgan fingerprint density at radius 1 is 1.57 bits per heavy atom. The zero-order valence-electron chi connectivity index (χ0n) is 9.08. The Bertz CT molecular complexity index is 277. The molecule has 14 heavy (non-hydrogen) atoms. The highest BCUT2D eigenvalue weighted by Gasteiger charge is 2.11. The van der Waals surface area contributed by atoms with Crippen molar-refractivity contribution >= 4 is 17.2 Å². The van der Waals surface area contributed by atoms with Crippen molar-refractivity contribution in [3.05, 3.63) is 22.4 Å². The Balaban J connectivity index is 2.60. The molecular weight excluding hydrogens is 192 g/mol. The molecule has 1 N–H and O–H groups in total. The molecule has 0 amide bonds. The second kappa shape index (κ2) is 5.15. The molecule has 0 spiro atoms. The molecule has 0 aromatic carbocycles. The van der Waals surface area contributed by atoms with Gasteiger partial charge in [0.1, 0.15) is 0 Å². The number of hydrogen-bond acceptors (Lipinski definition) is 2. The molecule has 1 aromatic rings. The lowest BCUT2D eigenvalue weighted by molar-refractivity contribution is 0.414. The molecule has 0 fully saturated rings. The summed E-state index contributed by atoms with van der Waals surface area (Å²) in [6.45, 7) is 8.03. The molecule has 1 rings (SSSR count). The summed E-state index contributed by atoms with van der Waals surface area (Å²) in [5.74, 6) is 1.05. The third-order valence-corrected chi connectivity index (χ3v) is 3.06. The lowest BCUT2D eigenvalue weighted by Gasteiger charge is -2.25. The highest BCUT2D eigenvalue weighted by atomic mass is 32.1. The maximum atomic E-state index is 7.93. The molecular formula is C11H18N2S. The lowest BCUT2D eigenvalue weighted by Crippen LogP contribution is -2.32. The summed E-state index contributed by atoms with van der Waals surface area (Å²) in [5.41, 5.74) is 0. The van der Waals surface area contributed by atoms with Gasteiger partial charge < -0.3 is 4.90 Å². The van der Waals surface area contributed by atoms with Crippen molar-refractivity contribution in [1.82, 2.24) is 4.90 Å². The molecule has 0 aliphatic carbocycles. The van der Waals surface area contributed by atoms with E-state index in [-0.39, 0.29) is 0 Å². The van der Waals surface area contributed by atoms with E-state index in [1.165, 1.54) is 4.88 Å². The van der Waals surface area contributed by atoms with Gasteiger partial charge in [0.25, 0.3) is 0 Å². The molecule has 78 valence electrons. The second-order valence-electron chi connectivity index (χ2n) is 3.63. The van der Waals surface area contributed by atoms with Gasteiger partial charge in [-0.2, -0.15) is 0 Å². The quantitative estimate of drug-likeness (QED) is 0.599. The van der Waals surface area contributed by atoms with Crippen molar-refractivity contribution in [2.75, 3.05) is 6.54 Å². The molecule has 0 unspecified atom stereocenters. The van der Waals surface area contributed by atoms with Crippen LogP contribution >= 0.6 is 11.3 Å². The fraction of sp³-hybridized carbons (Fsp3) is 0.545. The molecule has 0 aliphatic rings. The molecule has 0 saturated carbocycles. The number of hydrogen-bond donors (Lipinski definition) is 1. The first-order chi connectivity index (χ1) is 6.65. The molecule has 0 atom stereocenters. The van der Waals surface area contributed by atoms with Crippen LogP contribution in [0.5, 0.6) is 0 Å². The molecule has 2 nitrogen and oxygen atoms in total. The average Bonchev–Trinajstić information content (AvgIpc) is 2.65. The topological polar surface area (TPSA) is 27.1 Å². The maximum absolute atomic E-state index is 7.93. The monoisotopic (exact) mass is 210 g/mol. The van der Waals surface area contributed by atoms with Gasteiger partial charge >= 0.3 is 0 Å². The maximum Gasteiger partial charge on any atom is 0.0987 e. The lowest BCUT2D eigenvalue weighted by atomic mass is 10.2. The Kier molecular flexibility index (Phi) is 4.14. The van der Waals surface area contributed by atoms with E-state index < -0.39 is 0 Å². The number of thiophene rings is 1. The van der Waals surface area contributed by atoms with E-state index in [0.717, 1.165) is 18.9 Å². The van der Waals surface area contributed by atoms with Gasteiger partial charge in [-0.25, -0.2) is 0 Å². The summed E-state index contributed by atoms with van der Waals surface area (Å²) in [4.78, 5) is 3.45. The highest BCUT2D eigenvalue weighted by molar-refractivity contribution is 7.09. The van der Waals surface area contributed by atoms with Crippen molar-refractivity contribution < 1.29 is 0 Å². The molecule has 1 aromatic heterocycles. The van der Waals surface area contributed by atoms with Gasteiger partial charge in [0.2, 0.25) is 0 Å². The summed E-state index contributed by atoms with van der Waals surface area (Å²) >= 11 is 1.76. The van der Waals surface area contributed by atoms with Gasteiger partial charge in [0, 0.05) is 17.3 Å². The van der Waals surface area contributed by atoms with Gasteiger partial charge in [-0.05, 0) is 18.4 Å². The van der Waals surface area contributed by atoms with Gasteiger partial charge in [-0.1, -0.05) is 19.9 Å². The number of rotatable bonds is 4. The summed E-state index contributed by atoms with van der Waals surface area (Å²) in [6.07, 6.45) is 0. The van der Waals surface area contributed by atoms with E-state index in [1.807, 2.05) is 0 Å². The fourth-order valence-electron chi connectivity index (χ4n) is 1.32. The molecule has 1 heterocycles. The zero-order valence-corrected chi connectivity index (χ0v) is 9.90. The van der Waals surface area contributed by atoms with Crippen molar-refractivity contribution in [2.24, 2.45) is 5.92 Å². The van der Waals surface area contributed by atoms with E-state index in [0.29, 0.717) is 5.92 Å². The van der Waals surface area contributed by atoms with Crippen LogP contribution in [0.1, 0.15) is 25.6 Å². The van der Waals surface area contributed by atoms with Gasteiger partial charge in [0.15, 0.2) is 0 Å². The number of nitrogens with one attached hydrogen (secondary N) is 1. The smallest absolute Gasteiger partial charge is 0.0987 e. The minimum Gasteiger partial charge on any atom is -0.355 e. The largest absolute Gasteiger partial charge is 0.355 e. The van der Waals surface area contributed by atoms with Crippen LogP contribution in [0.2, 0.25) is 0 Å². The van der Waals surface area contributed by atoms with Crippen LogP contribution in [0.25, 0.3) is 0 Å². The van der Waals surface area contributed by atoms with Crippen LogP contribution in [0.15, 0.2) is 17.5 Å². The second-order valence-corrected chi connectivity index (χ2v) is 4.67. The Hall–Kier alpha value is -0.830. The minimum atomic E-state index is 0.315. The zero-order chi connectivity index (χ0) is 10.6. The van der Waals surface area contributed by atoms with Crippen LogP contribution in [0.4, 0.5) is 0 Å². The first kappa shape index (κ1) is 11.2. The summed E-state index contributed by atoms with van der Waals surface area (Å²) in [6, 6.07) is 4.19. The number of amidine groups is 1. The van der Waals surface area contributed by atoms with Gasteiger partial charge in [-0.15, -0.1) is 11.3 Å². The highest BCUT2D eigenvalue weighted by Crippen LogP contribution is 2.13. The van der Waals surface area contributed by atoms with Gasteiger partial charge in [-0.3, -0.25) is 5.41 Å². The summed E-state index contributed by atoms with van der Waals surface area (Å²) in [5, 5.41) is 10.0. The fourth-order valence-corrected chi connectivity index (χ4v) is 2.04. The van der Waals surface area contributed by atoms with E-state index in [9.17, 15) is 0 Å². The molecule has 0 bridgehead atoms. The summed E-state index contributed by atoms with van der Waals surface area (Å²) < 4.78 is 0. The standard InChI is InChI=1S/C11H18N2S/c1-4-13(11(12)9(2)3)8-10-6-5-7-14-10/h5-7,9,12H,4,8H2,1-3H3. The molecule has 0 saturated heterocycles. The van der Waals surface area contributed by atoms with Crippen molar-refractivity contribution in [2.45, 2.75) is 27.3 Å². The predicted octanol–water partition coefficient (Wildman–Crippen LogP) is 3.20. The van der Waals surface area contributed by atoms with Crippen LogP contribution in [0, 0.1) is 11.3 Å². The van der Waals surface area contributed by atoms with E-state index in [2.05, 4.69) is 43.2 Å². The van der Waals surface area contributed by atoms with Crippen molar-refractivity contribution in [1.29, 1.82) is 5.41 Å². The van der Waals surface area contributed by atoms with Crippen molar-refractivity contribution in [3.8, 4) is 0 Å². The van der Waals surface area contributed by atoms with Crippen LogP contribution in [0.3, 0.4) is 0 Å². The average molecular weight is 210 g/mol. The number of nitrogens with zero attached hydrogens (tertiary/aromatic N) is 1. The minimum absolute atomic E-state index is 0.315. The van der Waals surface area contributed by atoms with Crippen LogP contribution < -0.4 is 0 Å². The first-order valence-corrected chi connectivity index (χ1v) is 5.88. The molecule has 3 heteroatoms. The van der Waals surface area contributed by atoms with Crippen LogP contribution in [-0.4, -0.2) is 17.3 Å². The Morgan fingerprint density at radius 3 is 2.71 bits per heavy atom. The normalized spacial score (nSPS) is 10.6. The Labute approximate surface area is 90.1 Å². The van der Waals surface area contributed by atoms with E-state index in [1.54, 1.807) is 11.3 Å². The third kappa shape index (κ3) is 2.84. The SMILES string of the molecule is CCN(Cc1cccs1)C(=N)C(C)C. The molecule has 0 aliphatic heterocycles. The Morgan fingerprint density at radius 2 is 2.29 bits per heavy atom.